The van der Waals surface area contributed by atoms with E-state index in [1.165, 1.54) is 43.3 Å². The second-order valence-electron chi connectivity index (χ2n) is 9.61. The Morgan fingerprint density at radius 3 is 2.50 bits per heavy atom. The molecule has 10 nitrogen and oxygen atoms in total. The van der Waals surface area contributed by atoms with Crippen molar-refractivity contribution in [3.8, 4) is 17.3 Å². The van der Waals surface area contributed by atoms with Gasteiger partial charge in [-0.25, -0.2) is 22.3 Å². The van der Waals surface area contributed by atoms with Gasteiger partial charge < -0.3 is 15.2 Å². The van der Waals surface area contributed by atoms with E-state index in [1.54, 1.807) is 0 Å². The normalized spacial score (nSPS) is 15.9. The van der Waals surface area contributed by atoms with Gasteiger partial charge >= 0.3 is 5.97 Å². The number of ether oxygens (including phenoxy) is 1. The number of hydrogen-bond donors (Lipinski definition) is 3. The van der Waals surface area contributed by atoms with Crippen LogP contribution in [-0.4, -0.2) is 41.2 Å². The number of aromatic carboxylic acids is 1. The summed E-state index contributed by atoms with van der Waals surface area (Å²) in [5.41, 5.74) is 0.285. The van der Waals surface area contributed by atoms with Crippen LogP contribution in [0.4, 0.5) is 10.1 Å². The molecule has 0 unspecified atom stereocenters. The molecule has 2 saturated carbocycles. The molecule has 2 fully saturated rings. The van der Waals surface area contributed by atoms with Crippen molar-refractivity contribution >= 4 is 27.6 Å². The van der Waals surface area contributed by atoms with Gasteiger partial charge in [-0.1, -0.05) is 18.9 Å². The molecule has 3 aromatic rings. The number of nitrogens with zero attached hydrogens (tertiary/aromatic N) is 2. The molecule has 2 aromatic carbocycles. The standard InChI is InChI=1S/C26H27FN4O6S/c1-15-23(26(33)34)29-31(20-8-4-7-17(27)13-20)25(15)37-21-12-11-19(28-24(32)16-5-2-3-6-16)14-22(21)38(35,36)30-18-9-10-18/h4,7-8,11-14,16,18,30H,2-3,5-6,9-10H2,1H3,(H,28,32)(H,33,34). The highest BCUT2D eigenvalue weighted by molar-refractivity contribution is 7.89. The zero-order valence-corrected chi connectivity index (χ0v) is 21.4. The predicted octanol–water partition coefficient (Wildman–Crippen LogP) is 4.38. The lowest BCUT2D eigenvalue weighted by Crippen LogP contribution is -2.26. The second kappa shape index (κ2) is 10.2. The summed E-state index contributed by atoms with van der Waals surface area (Å²) in [5, 5.41) is 16.5. The number of amides is 1. The number of rotatable bonds is 9. The van der Waals surface area contributed by atoms with Crippen molar-refractivity contribution in [2.75, 3.05) is 5.32 Å². The van der Waals surface area contributed by atoms with Gasteiger partial charge in [0.25, 0.3) is 0 Å². The van der Waals surface area contributed by atoms with Crippen LogP contribution < -0.4 is 14.8 Å². The van der Waals surface area contributed by atoms with Crippen LogP contribution in [0.3, 0.4) is 0 Å². The van der Waals surface area contributed by atoms with Crippen LogP contribution in [0.25, 0.3) is 5.69 Å². The van der Waals surface area contributed by atoms with E-state index in [1.807, 2.05) is 0 Å². The minimum atomic E-state index is -4.06. The first-order valence-corrected chi connectivity index (χ1v) is 13.8. The summed E-state index contributed by atoms with van der Waals surface area (Å²) < 4.78 is 50.4. The Labute approximate surface area is 218 Å². The van der Waals surface area contributed by atoms with Crippen molar-refractivity contribution in [1.82, 2.24) is 14.5 Å². The van der Waals surface area contributed by atoms with E-state index in [0.29, 0.717) is 18.5 Å². The third-order valence-electron chi connectivity index (χ3n) is 6.66. The molecule has 3 N–H and O–H groups in total. The molecule has 0 spiro atoms. The van der Waals surface area contributed by atoms with Gasteiger partial charge in [0, 0.05) is 23.2 Å². The van der Waals surface area contributed by atoms with Crippen LogP contribution >= 0.6 is 0 Å². The fraction of sp³-hybridized carbons (Fsp3) is 0.346. The minimum absolute atomic E-state index is 0.0846. The van der Waals surface area contributed by atoms with E-state index < -0.39 is 21.8 Å². The first-order valence-electron chi connectivity index (χ1n) is 12.4. The van der Waals surface area contributed by atoms with E-state index >= 15 is 0 Å². The molecule has 38 heavy (non-hydrogen) atoms. The van der Waals surface area contributed by atoms with Crippen LogP contribution in [-0.2, 0) is 14.8 Å². The Morgan fingerprint density at radius 1 is 1.11 bits per heavy atom. The maximum atomic E-state index is 14.0. The number of nitrogens with one attached hydrogen (secondary N) is 2. The Kier molecular flexibility index (Phi) is 6.93. The molecule has 200 valence electrons. The average molecular weight is 543 g/mol. The van der Waals surface area contributed by atoms with Gasteiger partial charge in [0.05, 0.1) is 5.69 Å². The van der Waals surface area contributed by atoms with Gasteiger partial charge in [-0.05, 0) is 69.0 Å². The Hall–Kier alpha value is -3.77. The summed E-state index contributed by atoms with van der Waals surface area (Å²) in [7, 11) is -4.06. The maximum absolute atomic E-state index is 14.0. The number of aromatic nitrogens is 2. The van der Waals surface area contributed by atoms with Gasteiger partial charge in [-0.3, -0.25) is 4.79 Å². The van der Waals surface area contributed by atoms with E-state index in [-0.39, 0.29) is 51.3 Å². The van der Waals surface area contributed by atoms with E-state index in [2.05, 4.69) is 15.1 Å². The monoisotopic (exact) mass is 542 g/mol. The molecule has 5 rings (SSSR count). The Balaban J connectivity index is 1.56. The quantitative estimate of drug-likeness (QED) is 0.365. The number of carboxylic acid groups (broad SMARTS) is 1. The van der Waals surface area contributed by atoms with E-state index in [0.717, 1.165) is 36.4 Å². The zero-order chi connectivity index (χ0) is 27.0. The molecule has 0 bridgehead atoms. The first kappa shape index (κ1) is 25.9. The van der Waals surface area contributed by atoms with Crippen LogP contribution in [0, 0.1) is 18.7 Å². The Bertz CT molecular complexity index is 1510. The summed E-state index contributed by atoms with van der Waals surface area (Å²) in [6, 6.07) is 9.38. The van der Waals surface area contributed by atoms with Crippen LogP contribution in [0.1, 0.15) is 54.6 Å². The summed E-state index contributed by atoms with van der Waals surface area (Å²) in [6.07, 6.45) is 4.95. The van der Waals surface area contributed by atoms with Crippen LogP contribution in [0.5, 0.6) is 11.6 Å². The molecule has 0 atom stereocenters. The molecule has 12 heteroatoms. The SMILES string of the molecule is Cc1c(C(=O)O)nn(-c2cccc(F)c2)c1Oc1ccc(NC(=O)C2CCCC2)cc1S(=O)(=O)NC1CC1. The molecule has 0 saturated heterocycles. The molecule has 0 aliphatic heterocycles. The van der Waals surface area contributed by atoms with Crippen molar-refractivity contribution in [2.24, 2.45) is 5.92 Å². The van der Waals surface area contributed by atoms with Gasteiger partial charge in [0.1, 0.15) is 16.5 Å². The average Bonchev–Trinajstić information content (AvgIpc) is 3.36. The summed E-state index contributed by atoms with van der Waals surface area (Å²) >= 11 is 0. The lowest BCUT2D eigenvalue weighted by atomic mass is 10.1. The number of sulfonamides is 1. The number of anilines is 1. The molecule has 0 radical (unpaired) electrons. The first-order chi connectivity index (χ1) is 18.1. The lowest BCUT2D eigenvalue weighted by molar-refractivity contribution is -0.119. The largest absolute Gasteiger partial charge is 0.476 e. The van der Waals surface area contributed by atoms with Crippen LogP contribution in [0.15, 0.2) is 47.4 Å². The molecule has 1 amide bonds. The predicted molar refractivity (Wildman–Crippen MR) is 136 cm³/mol. The topological polar surface area (TPSA) is 140 Å². The Morgan fingerprint density at radius 2 is 1.84 bits per heavy atom. The van der Waals surface area contributed by atoms with Gasteiger partial charge in [0.15, 0.2) is 5.69 Å². The lowest BCUT2D eigenvalue weighted by Gasteiger charge is -2.16. The van der Waals surface area contributed by atoms with Crippen LogP contribution in [0.2, 0.25) is 0 Å². The van der Waals surface area contributed by atoms with E-state index in [4.69, 9.17) is 4.74 Å². The fourth-order valence-electron chi connectivity index (χ4n) is 4.49. The number of benzene rings is 2. The molecular weight excluding hydrogens is 515 g/mol. The number of carboxylic acids is 1. The molecule has 1 aromatic heterocycles. The fourth-order valence-corrected chi connectivity index (χ4v) is 5.95. The maximum Gasteiger partial charge on any atom is 0.356 e. The number of hydrogen-bond acceptors (Lipinski definition) is 6. The zero-order valence-electron chi connectivity index (χ0n) is 20.6. The summed E-state index contributed by atoms with van der Waals surface area (Å²) in [4.78, 5) is 24.2. The van der Waals surface area contributed by atoms with Crippen molar-refractivity contribution in [2.45, 2.75) is 56.4 Å². The number of halogens is 1. The smallest absolute Gasteiger partial charge is 0.356 e. The van der Waals surface area contributed by atoms with Crippen molar-refractivity contribution in [3.63, 3.8) is 0 Å². The van der Waals surface area contributed by atoms with Crippen molar-refractivity contribution in [1.29, 1.82) is 0 Å². The van der Waals surface area contributed by atoms with Crippen molar-refractivity contribution in [3.05, 3.63) is 59.5 Å². The van der Waals surface area contributed by atoms with E-state index in [9.17, 15) is 27.5 Å². The minimum Gasteiger partial charge on any atom is -0.476 e. The molecule has 1 heterocycles. The highest BCUT2D eigenvalue weighted by Gasteiger charge is 2.32. The highest BCUT2D eigenvalue weighted by Crippen LogP contribution is 2.36. The molecule has 2 aliphatic carbocycles. The third kappa shape index (κ3) is 5.41. The third-order valence-corrected chi connectivity index (χ3v) is 8.20. The highest BCUT2D eigenvalue weighted by atomic mass is 32.2. The van der Waals surface area contributed by atoms with Gasteiger partial charge in [-0.2, -0.15) is 9.78 Å². The van der Waals surface area contributed by atoms with Gasteiger partial charge in [0.2, 0.25) is 21.8 Å². The van der Waals surface area contributed by atoms with Gasteiger partial charge in [-0.15, -0.1) is 0 Å². The summed E-state index contributed by atoms with van der Waals surface area (Å²) in [6.45, 7) is 1.47. The number of carbonyl (C=O) groups excluding carboxylic acids is 1. The molecule has 2 aliphatic rings. The second-order valence-corrected chi connectivity index (χ2v) is 11.3. The summed E-state index contributed by atoms with van der Waals surface area (Å²) in [5.74, 6) is -2.37. The number of carbonyl (C=O) groups is 2. The molecular formula is C26H27FN4O6S. The van der Waals surface area contributed by atoms with Crippen molar-refractivity contribution < 1.29 is 32.2 Å².